The second-order valence-electron chi connectivity index (χ2n) is 8.14. The highest BCUT2D eigenvalue weighted by molar-refractivity contribution is 6.32. The van der Waals surface area contributed by atoms with Crippen molar-refractivity contribution in [1.82, 2.24) is 34.1 Å². The first-order valence-corrected chi connectivity index (χ1v) is 11.8. The first-order valence-electron chi connectivity index (χ1n) is 11.0. The lowest BCUT2D eigenvalue weighted by molar-refractivity contribution is -0.207. The van der Waals surface area contributed by atoms with E-state index in [9.17, 15) is 27.9 Å². The number of ether oxygens (including phenoxy) is 1. The second-order valence-corrected chi connectivity index (χ2v) is 8.99. The van der Waals surface area contributed by atoms with Crippen LogP contribution in [0.5, 0.6) is 0 Å². The van der Waals surface area contributed by atoms with Gasteiger partial charge in [-0.2, -0.15) is 13.2 Å². The summed E-state index contributed by atoms with van der Waals surface area (Å²) in [6, 6.07) is 7.35. The third kappa shape index (κ3) is 6.21. The summed E-state index contributed by atoms with van der Waals surface area (Å²) >= 11 is 12.2. The molecule has 1 unspecified atom stereocenters. The second kappa shape index (κ2) is 11.0. The zero-order chi connectivity index (χ0) is 28.5. The Labute approximate surface area is 227 Å². The number of aliphatic hydroxyl groups is 1. The summed E-state index contributed by atoms with van der Waals surface area (Å²) in [5.41, 5.74) is 4.70. The molecule has 4 aromatic rings. The number of nitrogens with zero attached hydrogens (tertiary/aromatic N) is 7. The number of halogens is 5. The molecule has 1 amide bonds. The van der Waals surface area contributed by atoms with Crippen molar-refractivity contribution in [3.63, 3.8) is 0 Å². The predicted molar refractivity (Wildman–Crippen MR) is 131 cm³/mol. The lowest BCUT2D eigenvalue weighted by Gasteiger charge is -2.15. The minimum atomic E-state index is -4.98. The van der Waals surface area contributed by atoms with Gasteiger partial charge in [-0.15, -0.1) is 10.2 Å². The molecular weight excluding hydrogens is 568 g/mol. The lowest BCUT2D eigenvalue weighted by atomic mass is 10.2. The van der Waals surface area contributed by atoms with E-state index in [1.807, 2.05) is 0 Å². The van der Waals surface area contributed by atoms with E-state index in [-0.39, 0.29) is 33.7 Å². The number of rotatable bonds is 8. The van der Waals surface area contributed by atoms with Gasteiger partial charge >= 0.3 is 18.0 Å². The Morgan fingerprint density at radius 3 is 2.49 bits per heavy atom. The summed E-state index contributed by atoms with van der Waals surface area (Å²) in [5.74, 6) is -0.118. The number of alkyl halides is 3. The van der Waals surface area contributed by atoms with Crippen molar-refractivity contribution in [2.45, 2.75) is 38.4 Å². The van der Waals surface area contributed by atoms with Crippen molar-refractivity contribution in [2.75, 3.05) is 0 Å². The van der Waals surface area contributed by atoms with Crippen LogP contribution in [0.3, 0.4) is 0 Å². The van der Waals surface area contributed by atoms with Crippen molar-refractivity contribution >= 4 is 29.3 Å². The molecule has 206 valence electrons. The maximum Gasteiger partial charge on any atom is 0.416 e. The number of aliphatic hydroxyl groups excluding tert-OH is 1. The molecule has 0 aliphatic rings. The van der Waals surface area contributed by atoms with Crippen LogP contribution in [0.25, 0.3) is 17.1 Å². The van der Waals surface area contributed by atoms with Gasteiger partial charge in [-0.3, -0.25) is 9.55 Å². The Kier molecular flexibility index (Phi) is 7.94. The quantitative estimate of drug-likeness (QED) is 0.319. The van der Waals surface area contributed by atoms with Crippen molar-refractivity contribution in [2.24, 2.45) is 5.73 Å². The molecular formula is C22H19Cl2F3N8O4. The van der Waals surface area contributed by atoms with E-state index < -0.39 is 43.3 Å². The van der Waals surface area contributed by atoms with E-state index in [0.29, 0.717) is 9.59 Å². The molecule has 0 aliphatic carbocycles. The minimum Gasteiger partial charge on any atom is -0.438 e. The Morgan fingerprint density at radius 1 is 1.18 bits per heavy atom. The molecule has 0 saturated carbocycles. The largest absolute Gasteiger partial charge is 0.438 e. The van der Waals surface area contributed by atoms with Gasteiger partial charge in [0, 0.05) is 16.8 Å². The van der Waals surface area contributed by atoms with Gasteiger partial charge in [0.15, 0.2) is 29.7 Å². The smallest absolute Gasteiger partial charge is 0.416 e. The third-order valence-electron chi connectivity index (χ3n) is 5.36. The summed E-state index contributed by atoms with van der Waals surface area (Å²) in [7, 11) is 0. The van der Waals surface area contributed by atoms with Gasteiger partial charge in [-0.1, -0.05) is 23.2 Å². The summed E-state index contributed by atoms with van der Waals surface area (Å²) in [4.78, 5) is 32.8. The maximum atomic E-state index is 13.2. The van der Waals surface area contributed by atoms with Crippen LogP contribution in [0.15, 0.2) is 47.5 Å². The molecule has 39 heavy (non-hydrogen) atoms. The molecule has 2 atom stereocenters. The fourth-order valence-electron chi connectivity index (χ4n) is 3.56. The van der Waals surface area contributed by atoms with Crippen molar-refractivity contribution in [3.8, 4) is 17.1 Å². The van der Waals surface area contributed by atoms with Gasteiger partial charge < -0.3 is 15.6 Å². The average Bonchev–Trinajstić information content (AvgIpc) is 3.41. The predicted octanol–water partition coefficient (Wildman–Crippen LogP) is 3.12. The van der Waals surface area contributed by atoms with Gasteiger partial charge in [-0.25, -0.2) is 23.9 Å². The maximum absolute atomic E-state index is 13.2. The van der Waals surface area contributed by atoms with Crippen LogP contribution < -0.4 is 11.4 Å². The number of nitrogens with two attached hydrogens (primary N) is 1. The molecule has 12 nitrogen and oxygen atoms in total. The molecule has 17 heteroatoms. The number of benzene rings is 1. The average molecular weight is 587 g/mol. The van der Waals surface area contributed by atoms with E-state index in [1.54, 1.807) is 0 Å². The standard InChI is InChI=1S/C22H19Cl2F3N8O4/c1-11(39-20(28)37)18-30-17(31-35(18)15-8-29-7-6-14(15)24)10-34-21(38)33(9-16(36)22(25,26)27)19(32-34)12-2-4-13(23)5-3-12/h2-8,11,16,36H,9-10H2,1H3,(H2,28,37)/t11?,16-/m0/s1. The minimum absolute atomic E-state index is 0.0318. The van der Waals surface area contributed by atoms with Gasteiger partial charge in [0.2, 0.25) is 0 Å². The highest BCUT2D eigenvalue weighted by Gasteiger charge is 2.39. The van der Waals surface area contributed by atoms with Gasteiger partial charge in [0.25, 0.3) is 0 Å². The number of hydrogen-bond acceptors (Lipinski definition) is 8. The SMILES string of the molecule is CC(OC(N)=O)c1nc(Cn2nc(-c3ccc(Cl)cc3)n(C[C@H](O)C(F)(F)F)c2=O)nn1-c1cnccc1Cl. The summed E-state index contributed by atoms with van der Waals surface area (Å²) in [6.45, 7) is -0.0463. The first kappa shape index (κ1) is 28.1. The Morgan fingerprint density at radius 2 is 1.87 bits per heavy atom. The van der Waals surface area contributed by atoms with E-state index in [1.165, 1.54) is 54.3 Å². The first-order chi connectivity index (χ1) is 18.3. The molecule has 0 saturated heterocycles. The van der Waals surface area contributed by atoms with E-state index >= 15 is 0 Å². The van der Waals surface area contributed by atoms with Crippen LogP contribution in [-0.2, 0) is 17.8 Å². The molecule has 0 radical (unpaired) electrons. The third-order valence-corrected chi connectivity index (χ3v) is 5.93. The zero-order valence-corrected chi connectivity index (χ0v) is 21.4. The molecule has 0 bridgehead atoms. The van der Waals surface area contributed by atoms with Crippen molar-refractivity contribution < 1.29 is 27.8 Å². The van der Waals surface area contributed by atoms with Crippen LogP contribution >= 0.6 is 23.2 Å². The Bertz CT molecular complexity index is 1550. The van der Waals surface area contributed by atoms with E-state index in [4.69, 9.17) is 33.7 Å². The molecule has 3 heterocycles. The number of carbonyl (C=O) groups excluding carboxylic acids is 1. The highest BCUT2D eigenvalue weighted by Crippen LogP contribution is 2.26. The number of pyridine rings is 1. The summed E-state index contributed by atoms with van der Waals surface area (Å²) < 4.78 is 47.1. The van der Waals surface area contributed by atoms with Crippen LogP contribution in [0.4, 0.5) is 18.0 Å². The van der Waals surface area contributed by atoms with Crippen LogP contribution in [0.1, 0.15) is 24.7 Å². The van der Waals surface area contributed by atoms with Crippen LogP contribution in [0.2, 0.25) is 10.0 Å². The molecule has 3 N–H and O–H groups in total. The van der Waals surface area contributed by atoms with Gasteiger partial charge in [0.1, 0.15) is 12.2 Å². The fourth-order valence-corrected chi connectivity index (χ4v) is 3.87. The molecule has 0 spiro atoms. The molecule has 3 aromatic heterocycles. The molecule has 0 fully saturated rings. The Hall–Kier alpha value is -3.95. The fraction of sp³-hybridized carbons (Fsp3) is 0.273. The summed E-state index contributed by atoms with van der Waals surface area (Å²) in [6.07, 6.45) is -7.09. The topological polar surface area (TPSA) is 156 Å². The van der Waals surface area contributed by atoms with Gasteiger partial charge in [0.05, 0.1) is 17.8 Å². The van der Waals surface area contributed by atoms with E-state index in [2.05, 4.69) is 20.2 Å². The molecule has 4 rings (SSSR count). The van der Waals surface area contributed by atoms with Gasteiger partial charge in [-0.05, 0) is 37.3 Å². The number of hydrogen-bond donors (Lipinski definition) is 2. The summed E-state index contributed by atoms with van der Waals surface area (Å²) in [5, 5.41) is 18.7. The zero-order valence-electron chi connectivity index (χ0n) is 19.9. The molecule has 1 aromatic carbocycles. The number of amides is 1. The number of aromatic nitrogens is 7. The van der Waals surface area contributed by atoms with Crippen molar-refractivity contribution in [1.29, 1.82) is 0 Å². The normalized spacial score (nSPS) is 13.3. The van der Waals surface area contributed by atoms with Crippen LogP contribution in [-0.4, -0.2) is 57.6 Å². The van der Waals surface area contributed by atoms with Crippen LogP contribution in [0, 0.1) is 0 Å². The number of carbonyl (C=O) groups is 1. The highest BCUT2D eigenvalue weighted by atomic mass is 35.5. The van der Waals surface area contributed by atoms with Crippen molar-refractivity contribution in [3.05, 3.63) is 74.9 Å². The lowest BCUT2D eigenvalue weighted by Crippen LogP contribution is -2.37. The monoisotopic (exact) mass is 586 g/mol. The Balaban J connectivity index is 1.79. The number of primary amides is 1. The van der Waals surface area contributed by atoms with E-state index in [0.717, 1.165) is 4.68 Å². The molecule has 0 aliphatic heterocycles.